The van der Waals surface area contributed by atoms with Crippen molar-refractivity contribution in [2.75, 3.05) is 13.7 Å². The second-order valence-corrected chi connectivity index (χ2v) is 1.10. The molecule has 0 atom stereocenters. The third kappa shape index (κ3) is 15.8. The predicted molar refractivity (Wildman–Crippen MR) is 42.3 cm³/mol. The van der Waals surface area contributed by atoms with Gasteiger partial charge < -0.3 is 10.5 Å². The number of hydrogen-bond donors (Lipinski definition) is 1. The van der Waals surface area contributed by atoms with E-state index in [1.807, 2.05) is 13.8 Å². The second-order valence-electron chi connectivity index (χ2n) is 1.10. The molecule has 0 heterocycles. The highest BCUT2D eigenvalue weighted by atomic mass is 16.5. The minimum Gasteiger partial charge on any atom is -0.372 e. The van der Waals surface area contributed by atoms with E-state index in [1.54, 1.807) is 0 Å². The maximum atomic E-state index is 9.87. The van der Waals surface area contributed by atoms with Crippen molar-refractivity contribution in [3.63, 3.8) is 0 Å². The van der Waals surface area contributed by atoms with E-state index in [9.17, 15) is 4.79 Å². The molecule has 10 heavy (non-hydrogen) atoms. The summed E-state index contributed by atoms with van der Waals surface area (Å²) >= 11 is 0. The van der Waals surface area contributed by atoms with Crippen LogP contribution in [0.5, 0.6) is 0 Å². The Morgan fingerprint density at radius 2 is 2.20 bits per heavy atom. The van der Waals surface area contributed by atoms with E-state index in [1.165, 1.54) is 7.11 Å². The van der Waals surface area contributed by atoms with Gasteiger partial charge >= 0.3 is 0 Å². The van der Waals surface area contributed by atoms with Crippen LogP contribution in [-0.4, -0.2) is 19.6 Å². The van der Waals surface area contributed by atoms with Crippen LogP contribution in [0.25, 0.3) is 0 Å². The largest absolute Gasteiger partial charge is 0.372 e. The average molecular weight is 145 g/mol. The zero-order valence-electron chi connectivity index (χ0n) is 6.60. The molecular weight excluding hydrogens is 130 g/mol. The summed E-state index contributed by atoms with van der Waals surface area (Å²) in [5, 5.41) is 0. The van der Waals surface area contributed by atoms with Crippen LogP contribution in [0.4, 0.5) is 0 Å². The molecule has 3 heteroatoms. The molecule has 60 valence electrons. The molecule has 0 unspecified atom stereocenters. The maximum absolute atomic E-state index is 9.87. The van der Waals surface area contributed by atoms with Crippen LogP contribution < -0.4 is 5.73 Å². The quantitative estimate of drug-likeness (QED) is 0.543. The van der Waals surface area contributed by atoms with Gasteiger partial charge in [0.25, 0.3) is 5.91 Å². The summed E-state index contributed by atoms with van der Waals surface area (Å²) in [5.74, 6) is 3.87. The molecule has 0 rings (SSSR count). The van der Waals surface area contributed by atoms with Gasteiger partial charge in [0, 0.05) is 8.54 Å². The smallest absolute Gasteiger partial charge is 0.293 e. The van der Waals surface area contributed by atoms with Gasteiger partial charge in [-0.3, -0.25) is 4.79 Å². The summed E-state index contributed by atoms with van der Waals surface area (Å²) in [5.41, 5.74) is 4.67. The lowest BCUT2D eigenvalue weighted by Gasteiger charge is -1.79. The number of amides is 1. The fraction of sp³-hybridized carbons (Fsp3) is 0.571. The molecule has 0 aliphatic heterocycles. The molecule has 0 aromatic carbocycles. The van der Waals surface area contributed by atoms with Gasteiger partial charge in [-0.05, 0) is 5.92 Å². The van der Waals surface area contributed by atoms with Crippen molar-refractivity contribution in [3.8, 4) is 11.8 Å². The molecule has 1 amide bonds. The van der Waals surface area contributed by atoms with Gasteiger partial charge in [-0.2, -0.15) is 0 Å². The van der Waals surface area contributed by atoms with Crippen LogP contribution in [0, 0.1) is 11.8 Å². The fourth-order valence-electron chi connectivity index (χ4n) is 0.195. The van der Waals surface area contributed by atoms with E-state index in [-0.39, 0.29) is 8.03 Å². The summed E-state index contributed by atoms with van der Waals surface area (Å²) in [4.78, 5) is 9.87. The maximum Gasteiger partial charge on any atom is 0.293 e. The molecule has 0 fully saturated rings. The monoisotopic (exact) mass is 145 g/mol. The molecule has 0 saturated heterocycles. The van der Waals surface area contributed by atoms with Gasteiger partial charge in [0.05, 0.1) is 0 Å². The summed E-state index contributed by atoms with van der Waals surface area (Å²) in [6, 6.07) is 0. The number of nitrogens with two attached hydrogens (primary N) is 1. The zero-order valence-corrected chi connectivity index (χ0v) is 6.60. The van der Waals surface area contributed by atoms with Gasteiger partial charge in [-0.25, -0.2) is 0 Å². The first-order chi connectivity index (χ1) is 4.77. The highest BCUT2D eigenvalue weighted by Gasteiger charge is 1.76. The van der Waals surface area contributed by atoms with Crippen molar-refractivity contribution in [2.24, 2.45) is 5.73 Å². The van der Waals surface area contributed by atoms with Crippen molar-refractivity contribution >= 4 is 5.91 Å². The number of rotatable bonds is 1. The zero-order chi connectivity index (χ0) is 8.41. The van der Waals surface area contributed by atoms with E-state index in [0.29, 0.717) is 0 Å². The van der Waals surface area contributed by atoms with Crippen LogP contribution >= 0.6 is 0 Å². The van der Waals surface area contributed by atoms with E-state index >= 15 is 0 Å². The lowest BCUT2D eigenvalue weighted by Crippen LogP contribution is -2.06. The van der Waals surface area contributed by atoms with Gasteiger partial charge in [-0.15, -0.1) is 0 Å². The van der Waals surface area contributed by atoms with Crippen LogP contribution in [0.3, 0.4) is 0 Å². The van der Waals surface area contributed by atoms with Crippen LogP contribution in [-0.2, 0) is 9.53 Å². The minimum atomic E-state index is -0.623. The van der Waals surface area contributed by atoms with Crippen molar-refractivity contribution in [2.45, 2.75) is 13.8 Å². The van der Waals surface area contributed by atoms with Crippen LogP contribution in [0.15, 0.2) is 0 Å². The molecule has 0 aliphatic carbocycles. The Balaban J connectivity index is -0.000000196. The van der Waals surface area contributed by atoms with E-state index in [4.69, 9.17) is 0 Å². The summed E-state index contributed by atoms with van der Waals surface area (Å²) in [6.45, 7) is 4.25. The summed E-state index contributed by atoms with van der Waals surface area (Å²) in [7, 11) is 1.50. The first-order valence-corrected chi connectivity index (χ1v) is 3.04. The highest BCUT2D eigenvalue weighted by Crippen LogP contribution is 1.59. The normalized spacial score (nSPS) is 6.30. The van der Waals surface area contributed by atoms with Gasteiger partial charge in [0.2, 0.25) is 0 Å². The van der Waals surface area contributed by atoms with Gasteiger partial charge in [-0.1, -0.05) is 19.8 Å². The fourth-order valence-corrected chi connectivity index (χ4v) is 0.195. The molecule has 0 bridgehead atoms. The Kier molecular flexibility index (Phi) is 12.8. The van der Waals surface area contributed by atoms with Crippen molar-refractivity contribution < 1.29 is 11.0 Å². The third-order valence-electron chi connectivity index (χ3n) is 0.428. The highest BCUT2D eigenvalue weighted by molar-refractivity contribution is 5.91. The van der Waals surface area contributed by atoms with Crippen LogP contribution in [0.1, 0.15) is 15.3 Å². The van der Waals surface area contributed by atoms with Gasteiger partial charge in [0.15, 0.2) is 0 Å². The Morgan fingerprint density at radius 1 is 1.70 bits per heavy atom. The Labute approximate surface area is 63.0 Å². The Hall–Kier alpha value is -1.01. The number of ether oxygens (including phenoxy) is 1. The Bertz CT molecular complexity index is 137. The molecule has 0 spiro atoms. The molecular formula is C7H15NO2. The molecule has 0 aromatic rings. The van der Waals surface area contributed by atoms with Crippen molar-refractivity contribution in [1.29, 1.82) is 0 Å². The topological polar surface area (TPSA) is 52.3 Å². The third-order valence-corrected chi connectivity index (χ3v) is 0.428. The molecule has 0 aromatic heterocycles. The lowest BCUT2D eigenvalue weighted by atomic mass is 10.6. The second kappa shape index (κ2) is 10.9. The van der Waals surface area contributed by atoms with Gasteiger partial charge in [0.1, 0.15) is 6.61 Å². The summed E-state index contributed by atoms with van der Waals surface area (Å²) in [6.07, 6.45) is 0. The number of methoxy groups -OCH3 is 1. The lowest BCUT2D eigenvalue weighted by molar-refractivity contribution is -0.112. The minimum absolute atomic E-state index is 0. The van der Waals surface area contributed by atoms with E-state index in [0.717, 1.165) is 0 Å². The first-order valence-electron chi connectivity index (χ1n) is 3.04. The molecule has 0 saturated carbocycles. The molecule has 0 aliphatic rings. The van der Waals surface area contributed by atoms with Crippen molar-refractivity contribution in [1.82, 2.24) is 0 Å². The average Bonchev–Trinajstić information content (AvgIpc) is 1.92. The molecule has 3 nitrogen and oxygen atoms in total. The van der Waals surface area contributed by atoms with Crippen LogP contribution in [0.2, 0.25) is 0 Å². The molecule has 0 radical (unpaired) electrons. The van der Waals surface area contributed by atoms with E-state index < -0.39 is 5.91 Å². The first kappa shape index (κ1) is 11.7. The van der Waals surface area contributed by atoms with Crippen molar-refractivity contribution in [3.05, 3.63) is 0 Å². The standard InChI is InChI=1S/C5H7NO2.C2H6.H2/c1-8-4-2-3-5(6)7;1-2;/h4H2,1H3,(H2,6,7);1-2H3;1H. The van der Waals surface area contributed by atoms with E-state index in [2.05, 4.69) is 22.3 Å². The summed E-state index contributed by atoms with van der Waals surface area (Å²) < 4.78 is 4.51. The Morgan fingerprint density at radius 3 is 2.50 bits per heavy atom. The number of carbonyl (C=O) groups is 1. The predicted octanol–water partition coefficient (Wildman–Crippen LogP) is 0.394. The number of primary amides is 1. The SMILES string of the molecule is CC.COCC#CC(N)=O.[HH]. The number of carbonyl (C=O) groups excluding carboxylic acids is 1. The molecule has 2 N–H and O–H groups in total. The number of hydrogen-bond acceptors (Lipinski definition) is 2.